The molecule has 1 amide bonds. The van der Waals surface area contributed by atoms with Gasteiger partial charge >= 0.3 is 0 Å². The van der Waals surface area contributed by atoms with Crippen LogP contribution in [0.1, 0.15) is 0 Å². The summed E-state index contributed by atoms with van der Waals surface area (Å²) in [5.41, 5.74) is 6.11. The van der Waals surface area contributed by atoms with E-state index in [1.807, 2.05) is 35.0 Å². The van der Waals surface area contributed by atoms with Crippen molar-refractivity contribution in [2.24, 2.45) is 5.73 Å². The number of aromatic nitrogens is 2. The van der Waals surface area contributed by atoms with Gasteiger partial charge in [-0.3, -0.25) is 9.36 Å². The number of hydrogen-bond donors (Lipinski definition) is 1. The average molecular weight is 312 g/mol. The summed E-state index contributed by atoms with van der Waals surface area (Å²) in [6, 6.07) is 7.86. The molecule has 0 radical (unpaired) electrons. The van der Waals surface area contributed by atoms with Crippen LogP contribution in [-0.4, -0.2) is 21.2 Å². The van der Waals surface area contributed by atoms with Gasteiger partial charge in [0, 0.05) is 22.6 Å². The smallest absolute Gasteiger partial charge is 0.227 e. The predicted molar refractivity (Wildman–Crippen MR) is 71.2 cm³/mol. The molecule has 4 nitrogen and oxygen atoms in total. The minimum Gasteiger partial charge on any atom is -0.369 e. The fourth-order valence-corrected chi connectivity index (χ4v) is 2.45. The van der Waals surface area contributed by atoms with E-state index < -0.39 is 0 Å². The number of nitrogens with zero attached hydrogens (tertiary/aromatic N) is 2. The van der Waals surface area contributed by atoms with Gasteiger partial charge in [-0.1, -0.05) is 33.8 Å². The maximum Gasteiger partial charge on any atom is 0.227 e. The van der Waals surface area contributed by atoms with Gasteiger partial charge in [0.25, 0.3) is 0 Å². The van der Waals surface area contributed by atoms with Gasteiger partial charge < -0.3 is 5.73 Å². The quantitative estimate of drug-likeness (QED) is 0.881. The molecule has 0 fully saturated rings. The normalized spacial score (nSPS) is 10.4. The molecule has 17 heavy (non-hydrogen) atoms. The van der Waals surface area contributed by atoms with Gasteiger partial charge in [0.1, 0.15) is 0 Å². The van der Waals surface area contributed by atoms with Crippen molar-refractivity contribution in [1.29, 1.82) is 0 Å². The van der Waals surface area contributed by atoms with Crippen molar-refractivity contribution < 1.29 is 4.79 Å². The summed E-state index contributed by atoms with van der Waals surface area (Å²) in [4.78, 5) is 15.0. The monoisotopic (exact) mass is 311 g/mol. The fourth-order valence-electron chi connectivity index (χ4n) is 1.35. The number of carbonyl (C=O) groups is 1. The molecular formula is C11H10BrN3OS. The molecule has 0 aliphatic carbocycles. The molecule has 0 saturated heterocycles. The summed E-state index contributed by atoms with van der Waals surface area (Å²) in [5.74, 6) is -0.121. The van der Waals surface area contributed by atoms with Crippen molar-refractivity contribution in [1.82, 2.24) is 9.55 Å². The average Bonchev–Trinajstić information content (AvgIpc) is 2.74. The lowest BCUT2D eigenvalue weighted by molar-refractivity contribution is -0.115. The molecule has 0 spiro atoms. The summed E-state index contributed by atoms with van der Waals surface area (Å²) in [5, 5.41) is 0.752. The molecule has 0 aliphatic rings. The molecule has 0 bridgehead atoms. The lowest BCUT2D eigenvalue weighted by Crippen LogP contribution is -2.13. The first kappa shape index (κ1) is 12.2. The second kappa shape index (κ2) is 5.37. The van der Waals surface area contributed by atoms with Gasteiger partial charge in [0.05, 0.1) is 5.75 Å². The number of hydrogen-bond acceptors (Lipinski definition) is 3. The SMILES string of the molecule is NC(=O)CSc1nccn1-c1cccc(Br)c1. The molecular weight excluding hydrogens is 302 g/mol. The third-order valence-electron chi connectivity index (χ3n) is 2.04. The molecule has 0 aliphatic heterocycles. The van der Waals surface area contributed by atoms with E-state index in [0.29, 0.717) is 0 Å². The largest absolute Gasteiger partial charge is 0.369 e. The molecule has 1 aromatic carbocycles. The highest BCUT2D eigenvalue weighted by molar-refractivity contribution is 9.10. The van der Waals surface area contributed by atoms with Crippen LogP contribution in [0.25, 0.3) is 5.69 Å². The van der Waals surface area contributed by atoms with Crippen molar-refractivity contribution in [3.05, 3.63) is 41.1 Å². The molecule has 6 heteroatoms. The molecule has 88 valence electrons. The summed E-state index contributed by atoms with van der Waals surface area (Å²) in [6.07, 6.45) is 3.55. The highest BCUT2D eigenvalue weighted by atomic mass is 79.9. The number of carbonyl (C=O) groups excluding carboxylic acids is 1. The first-order valence-corrected chi connectivity index (χ1v) is 6.65. The molecule has 1 aromatic heterocycles. The van der Waals surface area contributed by atoms with Crippen LogP contribution in [0.2, 0.25) is 0 Å². The molecule has 2 rings (SSSR count). The molecule has 2 aromatic rings. The summed E-state index contributed by atoms with van der Waals surface area (Å²) < 4.78 is 2.91. The topological polar surface area (TPSA) is 60.9 Å². The van der Waals surface area contributed by atoms with Crippen LogP contribution in [0.3, 0.4) is 0 Å². The van der Waals surface area contributed by atoms with Gasteiger partial charge in [-0.25, -0.2) is 4.98 Å². The Kier molecular flexibility index (Phi) is 3.86. The number of thioether (sulfide) groups is 1. The molecule has 0 saturated carbocycles. The minimum absolute atomic E-state index is 0.227. The zero-order chi connectivity index (χ0) is 12.3. The van der Waals surface area contributed by atoms with Crippen molar-refractivity contribution in [3.63, 3.8) is 0 Å². The number of benzene rings is 1. The lowest BCUT2D eigenvalue weighted by Gasteiger charge is -2.06. The number of imidazole rings is 1. The third-order valence-corrected chi connectivity index (χ3v) is 3.52. The van der Waals surface area contributed by atoms with Crippen LogP contribution < -0.4 is 5.73 Å². The fraction of sp³-hybridized carbons (Fsp3) is 0.0909. The molecule has 2 N–H and O–H groups in total. The number of rotatable bonds is 4. The highest BCUT2D eigenvalue weighted by Gasteiger charge is 2.07. The van der Waals surface area contributed by atoms with Crippen LogP contribution in [0.15, 0.2) is 46.3 Å². The molecule has 0 unspecified atom stereocenters. The zero-order valence-corrected chi connectivity index (χ0v) is 11.2. The number of nitrogens with two attached hydrogens (primary N) is 1. The summed E-state index contributed by atoms with van der Waals surface area (Å²) in [7, 11) is 0. The van der Waals surface area contributed by atoms with Crippen molar-refractivity contribution in [3.8, 4) is 5.69 Å². The van der Waals surface area contributed by atoms with Crippen LogP contribution in [0.5, 0.6) is 0 Å². The van der Waals surface area contributed by atoms with E-state index in [4.69, 9.17) is 5.73 Å². The van der Waals surface area contributed by atoms with E-state index in [1.165, 1.54) is 11.8 Å². The maximum atomic E-state index is 10.8. The Hall–Kier alpha value is -1.27. The number of halogens is 1. The first-order chi connectivity index (χ1) is 8.16. The standard InChI is InChI=1S/C11H10BrN3OS/c12-8-2-1-3-9(6-8)15-5-4-14-11(15)17-7-10(13)16/h1-6H,7H2,(H2,13,16). The minimum atomic E-state index is -0.348. The van der Waals surface area contributed by atoms with Crippen LogP contribution >= 0.6 is 27.7 Å². The second-order valence-corrected chi connectivity index (χ2v) is 5.17. The number of primary amides is 1. The van der Waals surface area contributed by atoms with E-state index in [0.717, 1.165) is 15.3 Å². The van der Waals surface area contributed by atoms with Crippen molar-refractivity contribution >= 4 is 33.6 Å². The molecule has 1 heterocycles. The first-order valence-electron chi connectivity index (χ1n) is 4.87. The van der Waals surface area contributed by atoms with E-state index in [1.54, 1.807) is 6.20 Å². The Labute approximate surface area is 111 Å². The van der Waals surface area contributed by atoms with Gasteiger partial charge in [0.2, 0.25) is 5.91 Å². The predicted octanol–water partition coefficient (Wildman–Crippen LogP) is 2.21. The highest BCUT2D eigenvalue weighted by Crippen LogP contribution is 2.22. The third kappa shape index (κ3) is 3.10. The Morgan fingerprint density at radius 1 is 1.53 bits per heavy atom. The van der Waals surface area contributed by atoms with Crippen molar-refractivity contribution in [2.75, 3.05) is 5.75 Å². The zero-order valence-electron chi connectivity index (χ0n) is 8.84. The Morgan fingerprint density at radius 3 is 3.06 bits per heavy atom. The van der Waals surface area contributed by atoms with Crippen LogP contribution in [0.4, 0.5) is 0 Å². The van der Waals surface area contributed by atoms with Gasteiger partial charge in [-0.05, 0) is 18.2 Å². The van der Waals surface area contributed by atoms with Crippen LogP contribution in [0, 0.1) is 0 Å². The Morgan fingerprint density at radius 2 is 2.35 bits per heavy atom. The van der Waals surface area contributed by atoms with Gasteiger partial charge in [-0.2, -0.15) is 0 Å². The summed E-state index contributed by atoms with van der Waals surface area (Å²) in [6.45, 7) is 0. The van der Waals surface area contributed by atoms with Gasteiger partial charge in [0.15, 0.2) is 5.16 Å². The van der Waals surface area contributed by atoms with Crippen molar-refractivity contribution in [2.45, 2.75) is 5.16 Å². The van der Waals surface area contributed by atoms with E-state index in [-0.39, 0.29) is 11.7 Å². The van der Waals surface area contributed by atoms with Gasteiger partial charge in [-0.15, -0.1) is 0 Å². The lowest BCUT2D eigenvalue weighted by atomic mass is 10.3. The number of amides is 1. The van der Waals surface area contributed by atoms with E-state index in [9.17, 15) is 4.79 Å². The van der Waals surface area contributed by atoms with E-state index in [2.05, 4.69) is 20.9 Å². The Balaban J connectivity index is 2.27. The summed E-state index contributed by atoms with van der Waals surface area (Å²) >= 11 is 4.74. The van der Waals surface area contributed by atoms with E-state index >= 15 is 0 Å². The van der Waals surface area contributed by atoms with Crippen LogP contribution in [-0.2, 0) is 4.79 Å². The maximum absolute atomic E-state index is 10.8. The second-order valence-electron chi connectivity index (χ2n) is 3.31. The molecule has 0 atom stereocenters. The Bertz CT molecular complexity index is 541.